The van der Waals surface area contributed by atoms with E-state index in [9.17, 15) is 4.79 Å². The van der Waals surface area contributed by atoms with Crippen LogP contribution in [-0.4, -0.2) is 48.8 Å². The molecule has 1 aliphatic heterocycles. The van der Waals surface area contributed by atoms with Crippen LogP contribution >= 0.6 is 0 Å². The van der Waals surface area contributed by atoms with E-state index in [-0.39, 0.29) is 5.41 Å². The second-order valence-electron chi connectivity index (χ2n) is 12.2. The van der Waals surface area contributed by atoms with Crippen molar-refractivity contribution >= 4 is 45.8 Å². The highest BCUT2D eigenvalue weighted by Crippen LogP contribution is 2.39. The first-order chi connectivity index (χ1) is 23.3. The van der Waals surface area contributed by atoms with E-state index in [0.717, 1.165) is 22.8 Å². The smallest absolute Gasteiger partial charge is 0.323 e. The molecule has 2 heterocycles. The van der Waals surface area contributed by atoms with Gasteiger partial charge >= 0.3 is 6.03 Å². The fourth-order valence-electron chi connectivity index (χ4n) is 5.30. The Labute approximate surface area is 279 Å². The van der Waals surface area contributed by atoms with Gasteiger partial charge in [-0.1, -0.05) is 75.4 Å². The molecule has 2 amide bonds. The molecule has 0 saturated heterocycles. The van der Waals surface area contributed by atoms with Gasteiger partial charge in [0.05, 0.1) is 30.7 Å². The third kappa shape index (κ3) is 7.75. The molecular weight excluding hydrogens is 606 g/mol. The lowest BCUT2D eigenvalue weighted by Gasteiger charge is -2.24. The van der Waals surface area contributed by atoms with E-state index in [2.05, 4.69) is 69.1 Å². The summed E-state index contributed by atoms with van der Waals surface area (Å²) in [5.41, 5.74) is 3.78. The number of ether oxygens (including phenoxy) is 3. The number of carbonyl (C=O) groups is 1. The maximum absolute atomic E-state index is 13.5. The molecule has 4 N–H and O–H groups in total. The quantitative estimate of drug-likeness (QED) is 0.121. The van der Waals surface area contributed by atoms with Crippen LogP contribution < -0.4 is 30.7 Å². The number of carbonyl (C=O) groups excluding carboxylic acids is 1. The van der Waals surface area contributed by atoms with Crippen LogP contribution in [0, 0.1) is 0 Å². The summed E-state index contributed by atoms with van der Waals surface area (Å²) in [5, 5.41) is 14.1. The van der Waals surface area contributed by atoms with E-state index >= 15 is 0 Å². The summed E-state index contributed by atoms with van der Waals surface area (Å²) in [6, 6.07) is 27.2. The highest BCUT2D eigenvalue weighted by atomic mass is 16.5. The molecule has 0 atom stereocenters. The van der Waals surface area contributed by atoms with Crippen molar-refractivity contribution in [3.63, 3.8) is 0 Å². The Morgan fingerprint density at radius 3 is 2.40 bits per heavy atom. The van der Waals surface area contributed by atoms with Gasteiger partial charge in [-0.3, -0.25) is 0 Å². The molecule has 0 spiro atoms. The van der Waals surface area contributed by atoms with E-state index in [0.29, 0.717) is 66.1 Å². The first-order valence-electron chi connectivity index (χ1n) is 15.8. The van der Waals surface area contributed by atoms with Gasteiger partial charge in [-0.15, -0.1) is 0 Å². The van der Waals surface area contributed by atoms with Crippen molar-refractivity contribution in [2.75, 3.05) is 48.1 Å². The molecule has 1 aliphatic rings. The Bertz CT molecular complexity index is 1940. The van der Waals surface area contributed by atoms with Gasteiger partial charge in [-0.25, -0.2) is 14.8 Å². The molecule has 11 heteroatoms. The third-order valence-corrected chi connectivity index (χ3v) is 7.75. The van der Waals surface area contributed by atoms with Gasteiger partial charge in [0.25, 0.3) is 6.02 Å². The number of nitrogens with zero attached hydrogens (tertiary/aromatic N) is 3. The monoisotopic (exact) mass is 645 g/mol. The summed E-state index contributed by atoms with van der Waals surface area (Å²) in [6.45, 7) is 8.10. The van der Waals surface area contributed by atoms with Crippen molar-refractivity contribution in [3.8, 4) is 17.4 Å². The van der Waals surface area contributed by atoms with E-state index in [1.807, 2.05) is 66.7 Å². The fourth-order valence-corrected chi connectivity index (χ4v) is 5.30. The Morgan fingerprint density at radius 1 is 0.896 bits per heavy atom. The van der Waals surface area contributed by atoms with Crippen LogP contribution in [0.4, 0.5) is 27.8 Å². The Hall–Kier alpha value is -5.84. The zero-order chi connectivity index (χ0) is 33.5. The number of anilines is 4. The zero-order valence-electron chi connectivity index (χ0n) is 27.5. The number of aromatic nitrogens is 2. The minimum absolute atomic E-state index is 0.206. The average molecular weight is 646 g/mol. The van der Waals surface area contributed by atoms with Gasteiger partial charge in [0, 0.05) is 29.6 Å². The lowest BCUT2D eigenvalue weighted by molar-refractivity contribution is 0.262. The molecule has 4 aromatic carbocycles. The zero-order valence-corrected chi connectivity index (χ0v) is 27.5. The van der Waals surface area contributed by atoms with E-state index < -0.39 is 6.03 Å². The van der Waals surface area contributed by atoms with Crippen LogP contribution in [0.25, 0.3) is 10.8 Å². The van der Waals surface area contributed by atoms with Gasteiger partial charge in [0.2, 0.25) is 11.8 Å². The number of benzene rings is 4. The molecule has 48 heavy (non-hydrogen) atoms. The molecule has 6 rings (SSSR count). The molecular formula is C37H39N7O4. The number of methoxy groups -OCH3 is 1. The summed E-state index contributed by atoms with van der Waals surface area (Å²) in [4.78, 5) is 26.7. The molecule has 1 aromatic heterocycles. The molecule has 0 radical (unpaired) electrons. The summed E-state index contributed by atoms with van der Waals surface area (Å²) >= 11 is 0. The lowest BCUT2D eigenvalue weighted by atomic mass is 9.86. The SMILES string of the molecule is COc1c(NC(=O)Nc2ccc(Oc3ccnc(NCCc4ccccc4)n3)c3ccccc23)cc(C(C)(C)C)cc1NC1=NCCO1. The van der Waals surface area contributed by atoms with Gasteiger partial charge in [0.1, 0.15) is 12.4 Å². The molecule has 0 aliphatic carbocycles. The maximum atomic E-state index is 13.5. The molecule has 246 valence electrons. The van der Waals surface area contributed by atoms with Crippen LogP contribution in [0.15, 0.2) is 96.1 Å². The number of amidine groups is 1. The number of rotatable bonds is 10. The number of urea groups is 1. The molecule has 0 unspecified atom stereocenters. The van der Waals surface area contributed by atoms with E-state index in [4.69, 9.17) is 14.2 Å². The van der Waals surface area contributed by atoms with Crippen LogP contribution in [0.2, 0.25) is 0 Å². The number of nitrogens with one attached hydrogen (secondary N) is 4. The maximum Gasteiger partial charge on any atom is 0.323 e. The van der Waals surface area contributed by atoms with Crippen molar-refractivity contribution in [3.05, 3.63) is 102 Å². The first-order valence-corrected chi connectivity index (χ1v) is 15.8. The number of aliphatic imine (C=N–C) groups is 1. The molecule has 0 fully saturated rings. The Morgan fingerprint density at radius 2 is 1.65 bits per heavy atom. The van der Waals surface area contributed by atoms with Crippen molar-refractivity contribution in [2.45, 2.75) is 32.6 Å². The molecule has 5 aromatic rings. The highest BCUT2D eigenvalue weighted by Gasteiger charge is 2.23. The first kappa shape index (κ1) is 32.1. The second-order valence-corrected chi connectivity index (χ2v) is 12.2. The van der Waals surface area contributed by atoms with E-state index in [1.165, 1.54) is 5.56 Å². The third-order valence-electron chi connectivity index (χ3n) is 7.75. The van der Waals surface area contributed by atoms with Crippen LogP contribution in [-0.2, 0) is 16.6 Å². The van der Waals surface area contributed by atoms with Gasteiger partial charge in [0.15, 0.2) is 5.75 Å². The van der Waals surface area contributed by atoms with E-state index in [1.54, 1.807) is 19.4 Å². The van der Waals surface area contributed by atoms with Crippen molar-refractivity contribution in [2.24, 2.45) is 4.99 Å². The molecule has 11 nitrogen and oxygen atoms in total. The number of fused-ring (bicyclic) bond motifs is 1. The molecule has 0 bridgehead atoms. The number of hydrogen-bond acceptors (Lipinski definition) is 9. The summed E-state index contributed by atoms with van der Waals surface area (Å²) < 4.78 is 17.6. The van der Waals surface area contributed by atoms with Crippen molar-refractivity contribution < 1.29 is 19.0 Å². The van der Waals surface area contributed by atoms with Crippen LogP contribution in [0.5, 0.6) is 17.4 Å². The standard InChI is InChI=1S/C37H39N7O4/c1-37(2,3)25-22-29(33(46-4)30(23-25)43-36-40-20-21-47-36)42-35(45)41-28-14-15-31(27-13-9-8-12-26(27)28)48-32-17-19-39-34(44-32)38-18-16-24-10-6-5-7-11-24/h5-15,17,19,22-23H,16,18,20-21H2,1-4H3,(H,40,43)(H,38,39,44)(H2,41,42,45). The van der Waals surface area contributed by atoms with Gasteiger partial charge in [-0.05, 0) is 47.2 Å². The van der Waals surface area contributed by atoms with Crippen molar-refractivity contribution in [1.29, 1.82) is 0 Å². The minimum Gasteiger partial charge on any atom is -0.492 e. The number of hydrogen-bond donors (Lipinski definition) is 4. The number of amides is 2. The topological polar surface area (TPSA) is 131 Å². The Balaban J connectivity index is 1.19. The van der Waals surface area contributed by atoms with Gasteiger partial charge in [-0.2, -0.15) is 4.98 Å². The summed E-state index contributed by atoms with van der Waals surface area (Å²) in [5.74, 6) is 1.94. The van der Waals surface area contributed by atoms with Gasteiger partial charge < -0.3 is 35.5 Å². The predicted octanol–water partition coefficient (Wildman–Crippen LogP) is 7.82. The normalized spacial score (nSPS) is 12.5. The largest absolute Gasteiger partial charge is 0.492 e. The Kier molecular flexibility index (Phi) is 9.56. The highest BCUT2D eigenvalue weighted by molar-refractivity contribution is 6.08. The minimum atomic E-state index is -0.430. The van der Waals surface area contributed by atoms with Crippen molar-refractivity contribution in [1.82, 2.24) is 9.97 Å². The lowest BCUT2D eigenvalue weighted by Crippen LogP contribution is -2.22. The van der Waals surface area contributed by atoms with Crippen LogP contribution in [0.1, 0.15) is 31.9 Å². The second kappa shape index (κ2) is 14.3. The average Bonchev–Trinajstić information content (AvgIpc) is 3.59. The fraction of sp³-hybridized carbons (Fsp3) is 0.243. The predicted molar refractivity (Wildman–Crippen MR) is 191 cm³/mol. The summed E-state index contributed by atoms with van der Waals surface area (Å²) in [7, 11) is 1.56. The van der Waals surface area contributed by atoms with Crippen LogP contribution in [0.3, 0.4) is 0 Å². The summed E-state index contributed by atoms with van der Waals surface area (Å²) in [6.07, 6.45) is 2.51. The molecule has 0 saturated carbocycles.